The maximum atomic E-state index is 12.4. The number of anilines is 1. The predicted octanol–water partition coefficient (Wildman–Crippen LogP) is -1.85. The predicted molar refractivity (Wildman–Crippen MR) is 121 cm³/mol. The minimum absolute atomic E-state index is 0.0257. The third-order valence-corrected chi connectivity index (χ3v) is 6.98. The van der Waals surface area contributed by atoms with Gasteiger partial charge in [0.1, 0.15) is 6.04 Å². The molecule has 8 N–H and O–H groups in total. The molecule has 0 aliphatic rings. The van der Waals surface area contributed by atoms with E-state index in [1.54, 1.807) is 12.1 Å². The Balaban J connectivity index is 2.66. The molecule has 2 unspecified atom stereocenters. The van der Waals surface area contributed by atoms with E-state index < -0.39 is 63.4 Å². The maximum absolute atomic E-state index is 12.4. The molecule has 0 bridgehead atoms. The molecule has 0 saturated carbocycles. The van der Waals surface area contributed by atoms with Crippen molar-refractivity contribution < 1.29 is 42.4 Å². The molecule has 33 heavy (non-hydrogen) atoms. The Bertz CT molecular complexity index is 869. The second-order valence-corrected chi connectivity index (χ2v) is 10.1. The number of hydrogen-bond acceptors (Lipinski definition) is 9. The summed E-state index contributed by atoms with van der Waals surface area (Å²) in [7, 11) is 0. The first-order valence-corrected chi connectivity index (χ1v) is 13.4. The van der Waals surface area contributed by atoms with E-state index in [1.807, 2.05) is 0 Å². The van der Waals surface area contributed by atoms with Gasteiger partial charge in [0.05, 0.1) is 0 Å². The van der Waals surface area contributed by atoms with Crippen LogP contribution < -0.4 is 20.7 Å². The van der Waals surface area contributed by atoms with E-state index in [1.165, 1.54) is 12.1 Å². The Morgan fingerprint density at radius 2 is 1.67 bits per heavy atom. The van der Waals surface area contributed by atoms with Gasteiger partial charge in [-0.05, 0) is 0 Å². The zero-order chi connectivity index (χ0) is 25.0. The molecule has 1 aromatic rings. The Morgan fingerprint density at radius 1 is 1.00 bits per heavy atom. The van der Waals surface area contributed by atoms with Gasteiger partial charge < -0.3 is 15.9 Å². The van der Waals surface area contributed by atoms with Gasteiger partial charge in [0.15, 0.2) is 0 Å². The zero-order valence-corrected chi connectivity index (χ0v) is 20.2. The minimum atomic E-state index is -3.21. The summed E-state index contributed by atoms with van der Waals surface area (Å²) in [6, 6.07) is 3.92. The van der Waals surface area contributed by atoms with Crippen molar-refractivity contribution in [2.45, 2.75) is 37.8 Å². The SMILES string of the molecule is NC(CCC(=O)NC(CSCC(=O)Nc1ccccc1[As](O)O)C(=O)CCC(=O)O)C(=O)O. The average Bonchev–Trinajstić information content (AvgIpc) is 2.75. The Morgan fingerprint density at radius 3 is 2.27 bits per heavy atom. The number of carbonyl (C=O) groups is 5. The number of thioether (sulfide) groups is 1. The molecule has 1 rings (SSSR count). The van der Waals surface area contributed by atoms with Crippen LogP contribution in [-0.2, 0) is 24.0 Å². The smallest absolute Gasteiger partial charge is 0.481 e. The minimum Gasteiger partial charge on any atom is -0.481 e. The van der Waals surface area contributed by atoms with E-state index in [0.29, 0.717) is 0 Å². The van der Waals surface area contributed by atoms with E-state index in [9.17, 15) is 32.2 Å². The van der Waals surface area contributed by atoms with E-state index in [-0.39, 0.29) is 40.8 Å². The summed E-state index contributed by atoms with van der Waals surface area (Å²) >= 11 is -2.20. The Kier molecular flexibility index (Phi) is 12.7. The molecule has 0 spiro atoms. The van der Waals surface area contributed by atoms with Gasteiger partial charge in [-0.15, -0.1) is 0 Å². The number of ketones is 1. The molecule has 0 heterocycles. The Hall–Kier alpha value is -2.44. The molecule has 12 nitrogen and oxygen atoms in total. The standard InChI is InChI=1S/C19H26AsN3O9S/c21-12(19(29)30)5-7-16(25)23-14(15(24)6-8-18(27)28)9-33-10-17(26)22-13-4-2-1-3-11(13)20(31)32/h1-4,12,14,31-32H,5-10,21H2,(H,22,26)(H,23,25)(H,27,28)(H,29,30). The van der Waals surface area contributed by atoms with Gasteiger partial charge in [-0.2, -0.15) is 0 Å². The third-order valence-electron chi connectivity index (χ3n) is 4.22. The summed E-state index contributed by atoms with van der Waals surface area (Å²) in [5, 5.41) is 22.5. The van der Waals surface area contributed by atoms with Crippen LogP contribution in [0.5, 0.6) is 0 Å². The fourth-order valence-corrected chi connectivity index (χ4v) is 4.57. The van der Waals surface area contributed by atoms with Gasteiger partial charge >= 0.3 is 167 Å². The molecule has 182 valence electrons. The zero-order valence-electron chi connectivity index (χ0n) is 17.5. The van der Waals surface area contributed by atoms with Gasteiger partial charge in [-0.1, -0.05) is 0 Å². The topological polar surface area (TPSA) is 216 Å². The first-order chi connectivity index (χ1) is 15.5. The summed E-state index contributed by atoms with van der Waals surface area (Å²) in [6.45, 7) is 0. The molecule has 14 heteroatoms. The molecule has 1 aromatic carbocycles. The molecule has 0 aliphatic heterocycles. The number of hydrogen-bond donors (Lipinski definition) is 7. The summed E-state index contributed by atoms with van der Waals surface area (Å²) in [5.41, 5.74) is 5.62. The third kappa shape index (κ3) is 11.3. The quantitative estimate of drug-likeness (QED) is 0.121. The number of rotatable bonds is 15. The normalized spacial score (nSPS) is 12.6. The van der Waals surface area contributed by atoms with E-state index in [0.717, 1.165) is 11.8 Å². The summed E-state index contributed by atoms with van der Waals surface area (Å²) in [4.78, 5) is 58.2. The van der Waals surface area contributed by atoms with Crippen LogP contribution in [0.1, 0.15) is 25.7 Å². The van der Waals surface area contributed by atoms with Gasteiger partial charge in [0.2, 0.25) is 0 Å². The number of nitrogens with two attached hydrogens (primary N) is 1. The van der Waals surface area contributed by atoms with Crippen LogP contribution in [0, 0.1) is 0 Å². The number of Topliss-reactive ketones (excluding diaryl/α,β-unsaturated/α-hetero) is 1. The van der Waals surface area contributed by atoms with Crippen molar-refractivity contribution in [1.82, 2.24) is 5.32 Å². The molecule has 0 aromatic heterocycles. The molecular weight excluding hydrogens is 521 g/mol. The van der Waals surface area contributed by atoms with Crippen molar-refractivity contribution in [2.75, 3.05) is 16.8 Å². The van der Waals surface area contributed by atoms with Crippen LogP contribution in [0.4, 0.5) is 5.69 Å². The van der Waals surface area contributed by atoms with Crippen LogP contribution in [-0.4, -0.2) is 86.9 Å². The number of carboxylic acid groups (broad SMARTS) is 2. The first-order valence-electron chi connectivity index (χ1n) is 9.68. The number of carbonyl (C=O) groups excluding carboxylic acids is 3. The summed E-state index contributed by atoms with van der Waals surface area (Å²) in [6.07, 6.45) is -1.14. The molecule has 2 amide bonds. The number of carboxylic acids is 2. The van der Waals surface area contributed by atoms with Gasteiger partial charge in [-0.3, -0.25) is 9.59 Å². The van der Waals surface area contributed by atoms with Crippen molar-refractivity contribution in [2.24, 2.45) is 5.73 Å². The Labute approximate surface area is 198 Å². The summed E-state index contributed by atoms with van der Waals surface area (Å²) < 4.78 is 19.2. The second-order valence-electron chi connectivity index (χ2n) is 6.83. The van der Waals surface area contributed by atoms with Gasteiger partial charge in [0, 0.05) is 0 Å². The van der Waals surface area contributed by atoms with Crippen LogP contribution in [0.2, 0.25) is 0 Å². The van der Waals surface area contributed by atoms with E-state index in [4.69, 9.17) is 15.9 Å². The molecule has 0 fully saturated rings. The van der Waals surface area contributed by atoms with Crippen LogP contribution >= 0.6 is 11.8 Å². The number of amides is 2. The van der Waals surface area contributed by atoms with Crippen molar-refractivity contribution in [1.29, 1.82) is 0 Å². The van der Waals surface area contributed by atoms with Crippen LogP contribution in [0.15, 0.2) is 24.3 Å². The number of nitrogens with one attached hydrogen (secondary N) is 2. The summed E-state index contributed by atoms with van der Waals surface area (Å²) in [5.74, 6) is -4.23. The van der Waals surface area contributed by atoms with Crippen molar-refractivity contribution >= 4 is 66.7 Å². The molecular formula is C19H26AsN3O9S. The second kappa shape index (κ2) is 14.7. The molecule has 0 aliphatic carbocycles. The van der Waals surface area contributed by atoms with Crippen molar-refractivity contribution in [3.8, 4) is 0 Å². The van der Waals surface area contributed by atoms with Gasteiger partial charge in [0.25, 0.3) is 0 Å². The number of aliphatic carboxylic acids is 2. The average molecular weight is 547 g/mol. The van der Waals surface area contributed by atoms with E-state index in [2.05, 4.69) is 10.6 Å². The van der Waals surface area contributed by atoms with E-state index >= 15 is 0 Å². The van der Waals surface area contributed by atoms with Crippen molar-refractivity contribution in [3.63, 3.8) is 0 Å². The monoisotopic (exact) mass is 547 g/mol. The molecule has 2 atom stereocenters. The molecule has 0 radical (unpaired) electrons. The number of benzene rings is 1. The van der Waals surface area contributed by atoms with Crippen molar-refractivity contribution in [3.05, 3.63) is 24.3 Å². The molecule has 0 saturated heterocycles. The first kappa shape index (κ1) is 28.6. The van der Waals surface area contributed by atoms with Crippen LogP contribution in [0.3, 0.4) is 0 Å². The number of para-hydroxylation sites is 1. The van der Waals surface area contributed by atoms with Crippen LogP contribution in [0.25, 0.3) is 0 Å². The fraction of sp³-hybridized carbons (Fsp3) is 0.421. The van der Waals surface area contributed by atoms with Gasteiger partial charge in [-0.25, -0.2) is 0 Å². The fourth-order valence-electron chi connectivity index (χ4n) is 2.51.